The van der Waals surface area contributed by atoms with Gasteiger partial charge >= 0.3 is 0 Å². The molecule has 1 aliphatic rings. The molecule has 2 rings (SSSR count). The van der Waals surface area contributed by atoms with Crippen molar-refractivity contribution in [3.05, 3.63) is 18.3 Å². The lowest BCUT2D eigenvalue weighted by Gasteiger charge is -2.25. The number of nitriles is 1. The van der Waals surface area contributed by atoms with Crippen LogP contribution in [0.1, 0.15) is 26.2 Å². The van der Waals surface area contributed by atoms with Gasteiger partial charge in [0.1, 0.15) is 4.90 Å². The molecule has 0 radical (unpaired) electrons. The van der Waals surface area contributed by atoms with Gasteiger partial charge in [0.05, 0.1) is 16.3 Å². The van der Waals surface area contributed by atoms with Crippen molar-refractivity contribution in [1.29, 1.82) is 5.26 Å². The maximum atomic E-state index is 12.4. The van der Waals surface area contributed by atoms with Crippen molar-refractivity contribution in [2.75, 3.05) is 13.1 Å². The second-order valence-electron chi connectivity index (χ2n) is 4.69. The van der Waals surface area contributed by atoms with E-state index in [-0.39, 0.29) is 10.1 Å². The van der Waals surface area contributed by atoms with E-state index >= 15 is 0 Å². The fourth-order valence-corrected chi connectivity index (χ4v) is 4.19. The summed E-state index contributed by atoms with van der Waals surface area (Å²) in [7, 11) is -3.42. The maximum Gasteiger partial charge on any atom is 0.244 e. The van der Waals surface area contributed by atoms with Crippen LogP contribution in [0.3, 0.4) is 0 Å². The molecule has 108 valence electrons. The molecular weight excluding hydrogens is 294 g/mol. The number of sulfonamides is 1. The van der Waals surface area contributed by atoms with Crippen molar-refractivity contribution in [3.63, 3.8) is 0 Å². The van der Waals surface area contributed by atoms with Gasteiger partial charge in [-0.3, -0.25) is 0 Å². The molecule has 0 amide bonds. The first-order chi connectivity index (χ1) is 9.54. The lowest BCUT2D eigenvalue weighted by Crippen LogP contribution is -2.35. The molecule has 1 aromatic heterocycles. The van der Waals surface area contributed by atoms with Crippen LogP contribution in [0.4, 0.5) is 0 Å². The summed E-state index contributed by atoms with van der Waals surface area (Å²) in [5, 5.41) is 9.21. The van der Waals surface area contributed by atoms with Gasteiger partial charge in [-0.1, -0.05) is 18.2 Å². The number of piperidine rings is 1. The molecule has 5 nitrogen and oxygen atoms in total. The third-order valence-corrected chi connectivity index (χ3v) is 5.97. The lowest BCUT2D eigenvalue weighted by molar-refractivity contribution is 0.346. The fraction of sp³-hybridized carbons (Fsp3) is 0.538. The fourth-order valence-electron chi connectivity index (χ4n) is 2.05. The Morgan fingerprint density at radius 2 is 2.05 bits per heavy atom. The molecule has 0 bridgehead atoms. The number of pyridine rings is 1. The maximum absolute atomic E-state index is 12.4. The molecule has 20 heavy (non-hydrogen) atoms. The van der Waals surface area contributed by atoms with Crippen molar-refractivity contribution in [3.8, 4) is 6.07 Å². The third kappa shape index (κ3) is 3.51. The molecule has 7 heteroatoms. The van der Waals surface area contributed by atoms with E-state index in [0.29, 0.717) is 18.1 Å². The normalized spacial score (nSPS) is 18.4. The predicted octanol–water partition coefficient (Wildman–Crippen LogP) is 2.26. The summed E-state index contributed by atoms with van der Waals surface area (Å²) in [5.74, 6) is 0. The van der Waals surface area contributed by atoms with Gasteiger partial charge in [0.25, 0.3) is 0 Å². The second kappa shape index (κ2) is 6.57. The number of hydrogen-bond acceptors (Lipinski definition) is 5. The highest BCUT2D eigenvalue weighted by molar-refractivity contribution is 8.00. The SMILES string of the molecule is C[C@H](C#N)Sc1ccc(S(=O)(=O)N2CCCCC2)cn1. The van der Waals surface area contributed by atoms with Crippen LogP contribution in [-0.4, -0.2) is 36.0 Å². The van der Waals surface area contributed by atoms with Gasteiger partial charge in [-0.05, 0) is 31.9 Å². The van der Waals surface area contributed by atoms with Crippen LogP contribution in [0.2, 0.25) is 0 Å². The van der Waals surface area contributed by atoms with Crippen LogP contribution in [0.5, 0.6) is 0 Å². The van der Waals surface area contributed by atoms with Crippen molar-refractivity contribution in [2.24, 2.45) is 0 Å². The largest absolute Gasteiger partial charge is 0.249 e. The lowest BCUT2D eigenvalue weighted by atomic mass is 10.2. The van der Waals surface area contributed by atoms with E-state index in [1.165, 1.54) is 22.3 Å². The van der Waals surface area contributed by atoms with Gasteiger partial charge in [-0.25, -0.2) is 13.4 Å². The Bertz CT molecular complexity index is 587. The third-order valence-electron chi connectivity index (χ3n) is 3.14. The standard InChI is InChI=1S/C13H17N3O2S2/c1-11(9-14)19-13-6-5-12(10-15-13)20(17,18)16-7-3-2-4-8-16/h5-6,10-11H,2-4,7-8H2,1H3/t11-/m1/s1. The van der Waals surface area contributed by atoms with Crippen LogP contribution in [0.15, 0.2) is 28.3 Å². The minimum atomic E-state index is -3.42. The van der Waals surface area contributed by atoms with Crippen molar-refractivity contribution in [2.45, 2.75) is 41.4 Å². The van der Waals surface area contributed by atoms with Gasteiger partial charge in [0, 0.05) is 19.3 Å². The first-order valence-electron chi connectivity index (χ1n) is 6.56. The van der Waals surface area contributed by atoms with Crippen molar-refractivity contribution >= 4 is 21.8 Å². The highest BCUT2D eigenvalue weighted by Gasteiger charge is 2.26. The molecule has 0 aliphatic carbocycles. The summed E-state index contributed by atoms with van der Waals surface area (Å²) in [6.07, 6.45) is 4.31. The summed E-state index contributed by atoms with van der Waals surface area (Å²) in [5.41, 5.74) is 0. The van der Waals surface area contributed by atoms with E-state index in [1.54, 1.807) is 19.1 Å². The van der Waals surface area contributed by atoms with Crippen LogP contribution >= 0.6 is 11.8 Å². The molecule has 2 heterocycles. The molecule has 1 aliphatic heterocycles. The number of nitrogens with zero attached hydrogens (tertiary/aromatic N) is 3. The predicted molar refractivity (Wildman–Crippen MR) is 77.8 cm³/mol. The average molecular weight is 311 g/mol. The van der Waals surface area contributed by atoms with Gasteiger partial charge in [0.2, 0.25) is 10.0 Å². The smallest absolute Gasteiger partial charge is 0.244 e. The van der Waals surface area contributed by atoms with Gasteiger partial charge < -0.3 is 0 Å². The number of hydrogen-bond donors (Lipinski definition) is 0. The Morgan fingerprint density at radius 3 is 2.60 bits per heavy atom. The molecule has 0 N–H and O–H groups in total. The minimum Gasteiger partial charge on any atom is -0.249 e. The van der Waals surface area contributed by atoms with Gasteiger partial charge in [-0.15, -0.1) is 0 Å². The van der Waals surface area contributed by atoms with E-state index in [0.717, 1.165) is 19.3 Å². The minimum absolute atomic E-state index is 0.202. The van der Waals surface area contributed by atoms with Gasteiger partial charge in [-0.2, -0.15) is 9.57 Å². The molecule has 1 atom stereocenters. The summed E-state index contributed by atoms with van der Waals surface area (Å²) < 4.78 is 26.3. The summed E-state index contributed by atoms with van der Waals surface area (Å²) >= 11 is 1.32. The number of thioether (sulfide) groups is 1. The van der Waals surface area contributed by atoms with Crippen molar-refractivity contribution in [1.82, 2.24) is 9.29 Å². The van der Waals surface area contributed by atoms with E-state index < -0.39 is 10.0 Å². The quantitative estimate of drug-likeness (QED) is 0.797. The number of aromatic nitrogens is 1. The summed E-state index contributed by atoms with van der Waals surface area (Å²) in [6, 6.07) is 5.34. The second-order valence-corrected chi connectivity index (χ2v) is 7.99. The molecule has 1 saturated heterocycles. The van der Waals surface area contributed by atoms with Gasteiger partial charge in [0.15, 0.2) is 0 Å². The molecule has 0 spiro atoms. The Kier molecular flexibility index (Phi) is 5.02. The van der Waals surface area contributed by atoms with Crippen LogP contribution < -0.4 is 0 Å². The molecule has 0 saturated carbocycles. The first kappa shape index (κ1) is 15.3. The average Bonchev–Trinajstić information content (AvgIpc) is 2.48. The summed E-state index contributed by atoms with van der Waals surface area (Å²) in [4.78, 5) is 4.36. The Labute approximate surface area is 124 Å². The first-order valence-corrected chi connectivity index (χ1v) is 8.88. The molecule has 1 aromatic rings. The Morgan fingerprint density at radius 1 is 1.35 bits per heavy atom. The van der Waals surface area contributed by atoms with Crippen LogP contribution in [-0.2, 0) is 10.0 Å². The molecule has 0 aromatic carbocycles. The van der Waals surface area contributed by atoms with Crippen LogP contribution in [0.25, 0.3) is 0 Å². The highest BCUT2D eigenvalue weighted by atomic mass is 32.2. The summed E-state index contributed by atoms with van der Waals surface area (Å²) in [6.45, 7) is 2.96. The molecular formula is C13H17N3O2S2. The zero-order valence-electron chi connectivity index (χ0n) is 11.3. The zero-order chi connectivity index (χ0) is 14.6. The van der Waals surface area contributed by atoms with E-state index in [4.69, 9.17) is 5.26 Å². The van der Waals surface area contributed by atoms with E-state index in [9.17, 15) is 8.42 Å². The Hall–Kier alpha value is -1.10. The van der Waals surface area contributed by atoms with E-state index in [1.807, 2.05) is 0 Å². The monoisotopic (exact) mass is 311 g/mol. The zero-order valence-corrected chi connectivity index (χ0v) is 13.0. The van der Waals surface area contributed by atoms with Crippen molar-refractivity contribution < 1.29 is 8.42 Å². The molecule has 1 fully saturated rings. The number of rotatable bonds is 4. The highest BCUT2D eigenvalue weighted by Crippen LogP contribution is 2.24. The van der Waals surface area contributed by atoms with E-state index in [2.05, 4.69) is 11.1 Å². The topological polar surface area (TPSA) is 74.1 Å². The van der Waals surface area contributed by atoms with Crippen LogP contribution in [0, 0.1) is 11.3 Å². The molecule has 0 unspecified atom stereocenters. The Balaban J connectivity index is 2.14.